The molecular weight excluding hydrogens is 452 g/mol. The van der Waals surface area contributed by atoms with Gasteiger partial charge in [-0.1, -0.05) is 115 Å². The average Bonchev–Trinajstić information content (AvgIpc) is 2.98. The highest BCUT2D eigenvalue weighted by Crippen LogP contribution is 2.26. The van der Waals surface area contributed by atoms with E-state index in [1.807, 2.05) is 61.5 Å². The third-order valence-electron chi connectivity index (χ3n) is 6.45. The van der Waals surface area contributed by atoms with Crippen LogP contribution in [0.5, 0.6) is 0 Å². The number of rotatable bonds is 5. The zero-order chi connectivity index (χ0) is 25.0. The van der Waals surface area contributed by atoms with Gasteiger partial charge < -0.3 is 5.32 Å². The topological polar surface area (TPSA) is 49.6 Å². The molecule has 1 aromatic heterocycles. The van der Waals surface area contributed by atoms with Crippen molar-refractivity contribution in [2.75, 3.05) is 0 Å². The minimum Gasteiger partial charge on any atom is -0.344 e. The van der Waals surface area contributed by atoms with Crippen LogP contribution in [0.4, 0.5) is 0 Å². The second-order valence-corrected chi connectivity index (χ2v) is 9.06. The van der Waals surface area contributed by atoms with Gasteiger partial charge in [0.2, 0.25) is 0 Å². The molecule has 0 spiro atoms. The molecule has 4 heteroatoms. The van der Waals surface area contributed by atoms with E-state index in [2.05, 4.69) is 83.1 Å². The Kier molecular flexibility index (Phi) is 6.14. The maximum Gasteiger partial charge on any atom is 0.159 e. The van der Waals surface area contributed by atoms with Crippen molar-refractivity contribution in [3.05, 3.63) is 150 Å². The molecule has 1 unspecified atom stereocenters. The Morgan fingerprint density at radius 1 is 0.541 bits per heavy atom. The Bertz CT molecular complexity index is 1570. The first-order chi connectivity index (χ1) is 18.2. The van der Waals surface area contributed by atoms with Gasteiger partial charge in [-0.3, -0.25) is 4.98 Å². The van der Waals surface area contributed by atoms with Crippen LogP contribution in [0.3, 0.4) is 0 Å². The molecule has 6 rings (SSSR count). The highest BCUT2D eigenvalue weighted by atomic mass is 15.2. The van der Waals surface area contributed by atoms with E-state index in [1.165, 1.54) is 0 Å². The van der Waals surface area contributed by atoms with Gasteiger partial charge in [0.15, 0.2) is 5.84 Å². The summed E-state index contributed by atoms with van der Waals surface area (Å²) in [6.45, 7) is 2.01. The second kappa shape index (κ2) is 10.0. The lowest BCUT2D eigenvalue weighted by molar-refractivity contribution is 0.674. The quantitative estimate of drug-likeness (QED) is 0.290. The molecule has 1 aliphatic heterocycles. The molecule has 1 atom stereocenters. The molecular formula is C33H26N4. The van der Waals surface area contributed by atoms with Gasteiger partial charge in [-0.2, -0.15) is 0 Å². The summed E-state index contributed by atoms with van der Waals surface area (Å²) in [6, 6.07) is 43.6. The minimum atomic E-state index is -0.202. The fraction of sp³-hybridized carbons (Fsp3) is 0.0606. The number of benzene rings is 4. The maximum absolute atomic E-state index is 4.96. The Balaban J connectivity index is 1.30. The predicted molar refractivity (Wildman–Crippen MR) is 152 cm³/mol. The fourth-order valence-corrected chi connectivity index (χ4v) is 4.48. The molecule has 4 aromatic carbocycles. The van der Waals surface area contributed by atoms with Crippen molar-refractivity contribution in [3.8, 4) is 22.4 Å². The first-order valence-electron chi connectivity index (χ1n) is 12.4. The van der Waals surface area contributed by atoms with Crippen molar-refractivity contribution in [1.82, 2.24) is 10.3 Å². The third kappa shape index (κ3) is 4.95. The van der Waals surface area contributed by atoms with Crippen molar-refractivity contribution >= 4 is 11.7 Å². The lowest BCUT2D eigenvalue weighted by Gasteiger charge is -2.23. The summed E-state index contributed by atoms with van der Waals surface area (Å²) in [5, 5.41) is 3.50. The van der Waals surface area contributed by atoms with Crippen molar-refractivity contribution < 1.29 is 0 Å². The highest BCUT2D eigenvalue weighted by Gasteiger charge is 2.20. The third-order valence-corrected chi connectivity index (χ3v) is 6.45. The maximum atomic E-state index is 4.96. The van der Waals surface area contributed by atoms with E-state index < -0.39 is 0 Å². The number of hydrogen-bond acceptors (Lipinski definition) is 4. The molecule has 0 saturated carbocycles. The summed E-state index contributed by atoms with van der Waals surface area (Å²) < 4.78 is 0. The molecule has 178 valence electrons. The summed E-state index contributed by atoms with van der Waals surface area (Å²) in [6.07, 6.45) is -0.202. The zero-order valence-electron chi connectivity index (χ0n) is 20.5. The van der Waals surface area contributed by atoms with Crippen LogP contribution in [0.15, 0.2) is 137 Å². The van der Waals surface area contributed by atoms with E-state index in [9.17, 15) is 0 Å². The molecule has 5 aromatic rings. The van der Waals surface area contributed by atoms with Gasteiger partial charge in [0.1, 0.15) is 12.0 Å². The molecule has 0 aliphatic carbocycles. The molecule has 4 nitrogen and oxygen atoms in total. The zero-order valence-corrected chi connectivity index (χ0v) is 20.5. The number of nitrogens with one attached hydrogen (secondary N) is 1. The van der Waals surface area contributed by atoms with Crippen LogP contribution >= 0.6 is 0 Å². The number of aryl methyl sites for hydroxylation is 1. The Morgan fingerprint density at radius 3 is 1.78 bits per heavy atom. The van der Waals surface area contributed by atoms with Crippen LogP contribution in [0.1, 0.15) is 28.6 Å². The van der Waals surface area contributed by atoms with E-state index >= 15 is 0 Å². The number of amidine groups is 2. The predicted octanol–water partition coefficient (Wildman–Crippen LogP) is 7.22. The van der Waals surface area contributed by atoms with Crippen LogP contribution in [0, 0.1) is 6.92 Å². The summed E-state index contributed by atoms with van der Waals surface area (Å²) >= 11 is 0. The van der Waals surface area contributed by atoms with Crippen molar-refractivity contribution in [1.29, 1.82) is 0 Å². The molecule has 1 N–H and O–H groups in total. The molecule has 1 aliphatic rings. The van der Waals surface area contributed by atoms with E-state index in [1.54, 1.807) is 0 Å². The Hall–Kier alpha value is -4.83. The van der Waals surface area contributed by atoms with Crippen LogP contribution in [-0.4, -0.2) is 16.7 Å². The summed E-state index contributed by atoms with van der Waals surface area (Å²) in [5.41, 5.74) is 8.55. The van der Waals surface area contributed by atoms with E-state index in [4.69, 9.17) is 9.98 Å². The van der Waals surface area contributed by atoms with Crippen LogP contribution in [0.25, 0.3) is 22.4 Å². The Morgan fingerprint density at radius 2 is 1.14 bits per heavy atom. The molecule has 0 saturated heterocycles. The molecule has 37 heavy (non-hydrogen) atoms. The van der Waals surface area contributed by atoms with Crippen molar-refractivity contribution in [3.63, 3.8) is 0 Å². The number of aromatic nitrogens is 1. The first kappa shape index (κ1) is 22.6. The van der Waals surface area contributed by atoms with Gasteiger partial charge >= 0.3 is 0 Å². The standard InChI is InChI=1S/C33H26N4/c1-23-9-8-14-30(34-23)26-19-15-24(16-20-26)25-17-21-29(22-18-25)33-36-31(27-10-4-2-5-11-27)35-32(37-33)28-12-6-3-7-13-28/h2-22,31H,1H3,(H,35,36,37). The lowest BCUT2D eigenvalue weighted by atomic mass is 10.0. The summed E-state index contributed by atoms with van der Waals surface area (Å²) in [4.78, 5) is 14.5. The van der Waals surface area contributed by atoms with Crippen molar-refractivity contribution in [2.24, 2.45) is 9.98 Å². The smallest absolute Gasteiger partial charge is 0.159 e. The van der Waals surface area contributed by atoms with Crippen LogP contribution in [-0.2, 0) is 0 Å². The second-order valence-electron chi connectivity index (χ2n) is 9.06. The number of hydrogen-bond donors (Lipinski definition) is 1. The SMILES string of the molecule is Cc1cccc(-c2ccc(-c3ccc(C4=NC(c5ccccc5)NC(c5ccccc5)=N4)cc3)cc2)n1. The summed E-state index contributed by atoms with van der Waals surface area (Å²) in [7, 11) is 0. The van der Waals surface area contributed by atoms with Gasteiger partial charge in [0, 0.05) is 22.4 Å². The largest absolute Gasteiger partial charge is 0.344 e. The monoisotopic (exact) mass is 478 g/mol. The van der Waals surface area contributed by atoms with Gasteiger partial charge in [0.05, 0.1) is 5.69 Å². The van der Waals surface area contributed by atoms with Gasteiger partial charge in [-0.15, -0.1) is 0 Å². The van der Waals surface area contributed by atoms with Crippen LogP contribution < -0.4 is 5.32 Å². The number of pyridine rings is 1. The van der Waals surface area contributed by atoms with E-state index in [0.29, 0.717) is 0 Å². The molecule has 0 amide bonds. The molecule has 2 heterocycles. The summed E-state index contributed by atoms with van der Waals surface area (Å²) in [5.74, 6) is 1.54. The average molecular weight is 479 g/mol. The fourth-order valence-electron chi connectivity index (χ4n) is 4.48. The minimum absolute atomic E-state index is 0.202. The number of aliphatic imine (C=N–C) groups is 2. The van der Waals surface area contributed by atoms with Gasteiger partial charge in [-0.25, -0.2) is 9.98 Å². The van der Waals surface area contributed by atoms with Gasteiger partial charge in [-0.05, 0) is 35.7 Å². The van der Waals surface area contributed by atoms with Crippen molar-refractivity contribution in [2.45, 2.75) is 13.1 Å². The van der Waals surface area contributed by atoms with E-state index in [0.717, 1.165) is 56.4 Å². The molecule has 0 bridgehead atoms. The first-order valence-corrected chi connectivity index (χ1v) is 12.4. The molecule has 0 radical (unpaired) electrons. The normalized spacial score (nSPS) is 14.9. The molecule has 0 fully saturated rings. The van der Waals surface area contributed by atoms with Crippen LogP contribution in [0.2, 0.25) is 0 Å². The number of nitrogens with zero attached hydrogens (tertiary/aromatic N) is 3. The Labute approximate surface area is 217 Å². The highest BCUT2D eigenvalue weighted by molar-refractivity contribution is 6.13. The lowest BCUT2D eigenvalue weighted by Crippen LogP contribution is -2.33. The van der Waals surface area contributed by atoms with Gasteiger partial charge in [0.25, 0.3) is 0 Å². The van der Waals surface area contributed by atoms with E-state index in [-0.39, 0.29) is 6.17 Å².